The van der Waals surface area contributed by atoms with Crippen molar-refractivity contribution in [2.45, 2.75) is 0 Å². The van der Waals surface area contributed by atoms with Gasteiger partial charge in [0.2, 0.25) is 5.91 Å². The van der Waals surface area contributed by atoms with Gasteiger partial charge in [-0.05, 0) is 36.4 Å². The zero-order valence-electron chi connectivity index (χ0n) is 8.89. The van der Waals surface area contributed by atoms with E-state index in [0.717, 1.165) is 0 Å². The summed E-state index contributed by atoms with van der Waals surface area (Å²) in [6.07, 6.45) is 4.38. The van der Waals surface area contributed by atoms with Crippen LogP contribution in [0.1, 0.15) is 5.76 Å². The number of halogens is 1. The molecule has 1 aromatic carbocycles. The second-order valence-electron chi connectivity index (χ2n) is 3.35. The van der Waals surface area contributed by atoms with Gasteiger partial charge in [-0.15, -0.1) is 0 Å². The molecule has 0 atom stereocenters. The molecule has 86 valence electrons. The fourth-order valence-corrected chi connectivity index (χ4v) is 1.29. The fourth-order valence-electron chi connectivity index (χ4n) is 1.29. The van der Waals surface area contributed by atoms with Gasteiger partial charge < -0.3 is 9.73 Å². The molecule has 0 fully saturated rings. The number of hydrogen-bond donors (Lipinski definition) is 1. The lowest BCUT2D eigenvalue weighted by Gasteiger charge is -2.00. The largest absolute Gasteiger partial charge is 0.465 e. The Morgan fingerprint density at radius 3 is 2.88 bits per heavy atom. The first kappa shape index (κ1) is 11.1. The van der Waals surface area contributed by atoms with E-state index >= 15 is 0 Å². The maximum atomic E-state index is 12.8. The summed E-state index contributed by atoms with van der Waals surface area (Å²) in [6, 6.07) is 9.16. The predicted octanol–water partition coefficient (Wildman–Crippen LogP) is 3.07. The molecule has 0 spiro atoms. The van der Waals surface area contributed by atoms with E-state index in [9.17, 15) is 9.18 Å². The van der Waals surface area contributed by atoms with Crippen LogP contribution in [-0.2, 0) is 4.79 Å². The Kier molecular flexibility index (Phi) is 3.35. The topological polar surface area (TPSA) is 42.2 Å². The van der Waals surface area contributed by atoms with Crippen LogP contribution in [-0.4, -0.2) is 5.91 Å². The van der Waals surface area contributed by atoms with E-state index in [2.05, 4.69) is 5.32 Å². The third kappa shape index (κ3) is 3.31. The summed E-state index contributed by atoms with van der Waals surface area (Å²) in [5, 5.41) is 2.54. The van der Waals surface area contributed by atoms with Crippen LogP contribution < -0.4 is 5.32 Å². The molecule has 0 bridgehead atoms. The van der Waals surface area contributed by atoms with Crippen molar-refractivity contribution in [3.8, 4) is 0 Å². The van der Waals surface area contributed by atoms with Crippen molar-refractivity contribution in [2.75, 3.05) is 5.32 Å². The first-order chi connectivity index (χ1) is 8.24. The van der Waals surface area contributed by atoms with E-state index < -0.39 is 5.82 Å². The van der Waals surface area contributed by atoms with Crippen LogP contribution in [0.5, 0.6) is 0 Å². The molecular weight excluding hydrogens is 221 g/mol. The molecule has 0 radical (unpaired) electrons. The zero-order chi connectivity index (χ0) is 12.1. The molecule has 0 aliphatic carbocycles. The van der Waals surface area contributed by atoms with Crippen LogP contribution in [0.25, 0.3) is 6.08 Å². The normalized spacial score (nSPS) is 10.6. The minimum absolute atomic E-state index is 0.341. The van der Waals surface area contributed by atoms with E-state index in [0.29, 0.717) is 11.4 Å². The van der Waals surface area contributed by atoms with Gasteiger partial charge in [0.15, 0.2) is 0 Å². The van der Waals surface area contributed by atoms with E-state index in [1.807, 2.05) is 0 Å². The van der Waals surface area contributed by atoms with Crippen LogP contribution in [0.15, 0.2) is 53.2 Å². The van der Waals surface area contributed by atoms with Gasteiger partial charge in [0.05, 0.1) is 6.26 Å². The monoisotopic (exact) mass is 231 g/mol. The molecule has 1 N–H and O–H groups in total. The summed E-state index contributed by atoms with van der Waals surface area (Å²) in [5.41, 5.74) is 0.416. The molecule has 2 aromatic rings. The number of hydrogen-bond acceptors (Lipinski definition) is 2. The second kappa shape index (κ2) is 5.12. The molecule has 1 heterocycles. The van der Waals surface area contributed by atoms with Crippen LogP contribution in [0, 0.1) is 5.82 Å². The van der Waals surface area contributed by atoms with Crippen LogP contribution in [0.2, 0.25) is 0 Å². The zero-order valence-corrected chi connectivity index (χ0v) is 8.89. The molecule has 0 saturated heterocycles. The number of carbonyl (C=O) groups is 1. The highest BCUT2D eigenvalue weighted by Crippen LogP contribution is 2.09. The standard InChI is InChI=1S/C13H10FNO2/c14-10-3-1-4-11(9-10)15-13(16)7-6-12-5-2-8-17-12/h1-9H,(H,15,16). The molecule has 4 heteroatoms. The summed E-state index contributed by atoms with van der Waals surface area (Å²) in [4.78, 5) is 11.5. The number of amides is 1. The molecule has 1 aromatic heterocycles. The molecule has 3 nitrogen and oxygen atoms in total. The maximum absolute atomic E-state index is 12.8. The molecule has 17 heavy (non-hydrogen) atoms. The minimum atomic E-state index is -0.391. The highest BCUT2D eigenvalue weighted by molar-refractivity contribution is 6.01. The Labute approximate surface area is 97.6 Å². The van der Waals surface area contributed by atoms with Crippen molar-refractivity contribution >= 4 is 17.7 Å². The predicted molar refractivity (Wildman–Crippen MR) is 62.8 cm³/mol. The fraction of sp³-hybridized carbons (Fsp3) is 0. The minimum Gasteiger partial charge on any atom is -0.465 e. The average Bonchev–Trinajstić information content (AvgIpc) is 2.79. The third-order valence-corrected chi connectivity index (χ3v) is 2.03. The van der Waals surface area contributed by atoms with Crippen molar-refractivity contribution in [3.63, 3.8) is 0 Å². The van der Waals surface area contributed by atoms with Crippen LogP contribution in [0.4, 0.5) is 10.1 Å². The van der Waals surface area contributed by atoms with E-state index in [1.165, 1.54) is 36.6 Å². The van der Waals surface area contributed by atoms with Gasteiger partial charge in [-0.1, -0.05) is 6.07 Å². The van der Waals surface area contributed by atoms with Gasteiger partial charge in [0.1, 0.15) is 11.6 Å². The first-order valence-corrected chi connectivity index (χ1v) is 5.02. The summed E-state index contributed by atoms with van der Waals surface area (Å²) < 4.78 is 17.9. The van der Waals surface area contributed by atoms with Crippen LogP contribution in [0.3, 0.4) is 0 Å². The second-order valence-corrected chi connectivity index (χ2v) is 3.35. The highest BCUT2D eigenvalue weighted by Gasteiger charge is 1.99. The van der Waals surface area contributed by atoms with Crippen molar-refractivity contribution < 1.29 is 13.6 Å². The van der Waals surface area contributed by atoms with Gasteiger partial charge >= 0.3 is 0 Å². The summed E-state index contributed by atoms with van der Waals surface area (Å²) in [6.45, 7) is 0. The smallest absolute Gasteiger partial charge is 0.248 e. The number of rotatable bonds is 3. The van der Waals surface area contributed by atoms with Crippen LogP contribution >= 0.6 is 0 Å². The molecule has 0 aliphatic heterocycles. The van der Waals surface area contributed by atoms with E-state index in [1.54, 1.807) is 18.2 Å². The van der Waals surface area contributed by atoms with Gasteiger partial charge in [-0.3, -0.25) is 4.79 Å². The maximum Gasteiger partial charge on any atom is 0.248 e. The molecule has 2 rings (SSSR count). The molecule has 0 unspecified atom stereocenters. The summed E-state index contributed by atoms with van der Waals surface area (Å²) >= 11 is 0. The average molecular weight is 231 g/mol. The van der Waals surface area contributed by atoms with Crippen molar-refractivity contribution in [2.24, 2.45) is 0 Å². The first-order valence-electron chi connectivity index (χ1n) is 5.02. The SMILES string of the molecule is O=C(C=Cc1ccco1)Nc1cccc(F)c1. The Morgan fingerprint density at radius 1 is 1.29 bits per heavy atom. The summed E-state index contributed by atoms with van der Waals surface area (Å²) in [7, 11) is 0. The van der Waals surface area contributed by atoms with Crippen molar-refractivity contribution in [1.29, 1.82) is 0 Å². The molecule has 1 amide bonds. The Balaban J connectivity index is 1.98. The van der Waals surface area contributed by atoms with Crippen molar-refractivity contribution in [3.05, 3.63) is 60.3 Å². The van der Waals surface area contributed by atoms with Gasteiger partial charge in [-0.2, -0.15) is 0 Å². The van der Waals surface area contributed by atoms with E-state index in [4.69, 9.17) is 4.42 Å². The highest BCUT2D eigenvalue weighted by atomic mass is 19.1. The number of carbonyl (C=O) groups excluding carboxylic acids is 1. The molecule has 0 aliphatic rings. The lowest BCUT2D eigenvalue weighted by Crippen LogP contribution is -2.07. The number of benzene rings is 1. The molecular formula is C13H10FNO2. The molecule has 0 saturated carbocycles. The van der Waals surface area contributed by atoms with Gasteiger partial charge in [-0.25, -0.2) is 4.39 Å². The van der Waals surface area contributed by atoms with Crippen molar-refractivity contribution in [1.82, 2.24) is 0 Å². The van der Waals surface area contributed by atoms with E-state index in [-0.39, 0.29) is 5.91 Å². The Bertz CT molecular complexity index is 532. The number of anilines is 1. The lowest BCUT2D eigenvalue weighted by molar-refractivity contribution is -0.111. The lowest BCUT2D eigenvalue weighted by atomic mass is 10.3. The number of nitrogens with one attached hydrogen (secondary N) is 1. The Hall–Kier alpha value is -2.36. The van der Waals surface area contributed by atoms with Gasteiger partial charge in [0, 0.05) is 11.8 Å². The quantitative estimate of drug-likeness (QED) is 0.825. The van der Waals surface area contributed by atoms with Gasteiger partial charge in [0.25, 0.3) is 0 Å². The third-order valence-electron chi connectivity index (χ3n) is 2.03. The Morgan fingerprint density at radius 2 is 2.18 bits per heavy atom. The summed E-state index contributed by atoms with van der Waals surface area (Å²) in [5.74, 6) is -0.149. The number of furan rings is 1.